The lowest BCUT2D eigenvalue weighted by Crippen LogP contribution is -2.38. The summed E-state index contributed by atoms with van der Waals surface area (Å²) in [5.41, 5.74) is -1.51. The van der Waals surface area contributed by atoms with Gasteiger partial charge in [-0.05, 0) is 32.4 Å². The molecule has 0 saturated carbocycles. The third-order valence-electron chi connectivity index (χ3n) is 4.86. The topological polar surface area (TPSA) is 69.7 Å². The second-order valence-electron chi connectivity index (χ2n) is 7.90. The molecule has 0 fully saturated rings. The van der Waals surface area contributed by atoms with Crippen LogP contribution in [-0.2, 0) is 14.3 Å². The highest BCUT2D eigenvalue weighted by molar-refractivity contribution is 6.36. The summed E-state index contributed by atoms with van der Waals surface area (Å²) >= 11 is 11.9. The highest BCUT2D eigenvalue weighted by Gasteiger charge is 2.40. The maximum Gasteiger partial charge on any atom is 0.328 e. The largest absolute Gasteiger partial charge is 0.465 e. The van der Waals surface area contributed by atoms with E-state index in [1.165, 1.54) is 64.5 Å². The number of unbranched alkanes of at least 4 members (excludes halogenated alkanes) is 8. The molecule has 0 bridgehead atoms. The molecular weight excluding hydrogens is 427 g/mol. The first kappa shape index (κ1) is 26.4. The number of carbonyl (C=O) groups is 3. The summed E-state index contributed by atoms with van der Waals surface area (Å²) in [4.78, 5) is 36.1. The van der Waals surface area contributed by atoms with Gasteiger partial charge in [0.05, 0.1) is 17.2 Å². The summed E-state index contributed by atoms with van der Waals surface area (Å²) in [6.45, 7) is 5.29. The maximum absolute atomic E-state index is 12.5. The van der Waals surface area contributed by atoms with Crippen LogP contribution in [0.1, 0.15) is 88.9 Å². The van der Waals surface area contributed by atoms with Gasteiger partial charge in [0.25, 0.3) is 0 Å². The van der Waals surface area contributed by atoms with Crippen LogP contribution in [0.5, 0.6) is 5.75 Å². The number of halogens is 2. The first-order chi connectivity index (χ1) is 14.2. The number of hydrogen-bond acceptors (Lipinski definition) is 5. The molecule has 0 atom stereocenters. The van der Waals surface area contributed by atoms with Crippen molar-refractivity contribution in [1.82, 2.24) is 0 Å². The summed E-state index contributed by atoms with van der Waals surface area (Å²) < 4.78 is 10.5. The zero-order chi connectivity index (χ0) is 22.6. The van der Waals surface area contributed by atoms with Crippen LogP contribution in [0.4, 0.5) is 0 Å². The van der Waals surface area contributed by atoms with Crippen LogP contribution in [0.3, 0.4) is 0 Å². The molecule has 168 valence electrons. The van der Waals surface area contributed by atoms with Crippen molar-refractivity contribution in [3.8, 4) is 5.75 Å². The monoisotopic (exact) mass is 458 g/mol. The van der Waals surface area contributed by atoms with Crippen LogP contribution in [0.25, 0.3) is 0 Å². The highest BCUT2D eigenvalue weighted by atomic mass is 35.5. The maximum atomic E-state index is 12.5. The molecule has 30 heavy (non-hydrogen) atoms. The van der Waals surface area contributed by atoms with Crippen molar-refractivity contribution in [2.24, 2.45) is 5.41 Å². The lowest BCUT2D eigenvalue weighted by atomic mass is 9.94. The van der Waals surface area contributed by atoms with Gasteiger partial charge >= 0.3 is 11.9 Å². The zero-order valence-electron chi connectivity index (χ0n) is 18.1. The average molecular weight is 459 g/mol. The fourth-order valence-electron chi connectivity index (χ4n) is 2.84. The Labute approximate surface area is 189 Å². The summed E-state index contributed by atoms with van der Waals surface area (Å²) in [7, 11) is 0. The summed E-state index contributed by atoms with van der Waals surface area (Å²) in [6.07, 6.45) is 10.9. The second-order valence-corrected chi connectivity index (χ2v) is 8.75. The Balaban J connectivity index is 2.43. The van der Waals surface area contributed by atoms with E-state index < -0.39 is 17.4 Å². The van der Waals surface area contributed by atoms with Gasteiger partial charge < -0.3 is 9.47 Å². The lowest BCUT2D eigenvalue weighted by Gasteiger charge is -2.21. The molecule has 0 radical (unpaired) electrons. The molecule has 7 heteroatoms. The average Bonchev–Trinajstić information content (AvgIpc) is 2.70. The van der Waals surface area contributed by atoms with Crippen molar-refractivity contribution in [1.29, 1.82) is 0 Å². The highest BCUT2D eigenvalue weighted by Crippen LogP contribution is 2.33. The van der Waals surface area contributed by atoms with Crippen LogP contribution in [0.15, 0.2) is 12.1 Å². The quantitative estimate of drug-likeness (QED) is 0.100. The van der Waals surface area contributed by atoms with Gasteiger partial charge in [-0.1, -0.05) is 81.5 Å². The van der Waals surface area contributed by atoms with Crippen molar-refractivity contribution in [2.75, 3.05) is 6.61 Å². The van der Waals surface area contributed by atoms with Crippen LogP contribution >= 0.6 is 23.2 Å². The van der Waals surface area contributed by atoms with E-state index >= 15 is 0 Å². The Morgan fingerprint density at radius 2 is 1.50 bits per heavy atom. The molecule has 1 aromatic rings. The van der Waals surface area contributed by atoms with Crippen LogP contribution in [0, 0.1) is 5.41 Å². The standard InChI is InChI=1S/C23H32Cl2O5/c1-4-5-6-7-8-9-10-11-12-13-29-21(27)23(2,3)22(28)30-20-17(16-26)14-18(24)15-19(20)25/h14-16H,4-13H2,1-3H3. The second kappa shape index (κ2) is 13.7. The lowest BCUT2D eigenvalue weighted by molar-refractivity contribution is -0.164. The first-order valence-corrected chi connectivity index (χ1v) is 11.3. The fourth-order valence-corrected chi connectivity index (χ4v) is 3.38. The fraction of sp³-hybridized carbons (Fsp3) is 0.609. The molecule has 0 N–H and O–H groups in total. The SMILES string of the molecule is CCCCCCCCCCCOC(=O)C(C)(C)C(=O)Oc1c(Cl)cc(Cl)cc1C=O. The van der Waals surface area contributed by atoms with E-state index in [0.29, 0.717) is 6.29 Å². The molecule has 1 rings (SSSR count). The van der Waals surface area contributed by atoms with Crippen molar-refractivity contribution < 1.29 is 23.9 Å². The van der Waals surface area contributed by atoms with E-state index in [0.717, 1.165) is 19.3 Å². The van der Waals surface area contributed by atoms with Gasteiger partial charge in [-0.25, -0.2) is 0 Å². The number of rotatable bonds is 14. The Hall–Kier alpha value is -1.59. The molecule has 0 aliphatic rings. The Morgan fingerprint density at radius 3 is 2.07 bits per heavy atom. The smallest absolute Gasteiger partial charge is 0.328 e. The Bertz CT molecular complexity index is 716. The Kier molecular flexibility index (Phi) is 12.0. The molecule has 5 nitrogen and oxygen atoms in total. The first-order valence-electron chi connectivity index (χ1n) is 10.6. The van der Waals surface area contributed by atoms with Gasteiger partial charge in [-0.3, -0.25) is 14.4 Å². The van der Waals surface area contributed by atoms with Gasteiger partial charge in [0.15, 0.2) is 17.5 Å². The van der Waals surface area contributed by atoms with Crippen LogP contribution < -0.4 is 4.74 Å². The molecule has 0 aromatic heterocycles. The van der Waals surface area contributed by atoms with E-state index in [9.17, 15) is 14.4 Å². The minimum Gasteiger partial charge on any atom is -0.465 e. The van der Waals surface area contributed by atoms with Crippen LogP contribution in [0.2, 0.25) is 10.0 Å². The number of ether oxygens (including phenoxy) is 2. The van der Waals surface area contributed by atoms with Crippen molar-refractivity contribution >= 4 is 41.4 Å². The van der Waals surface area contributed by atoms with Crippen molar-refractivity contribution in [3.05, 3.63) is 27.7 Å². The Morgan fingerprint density at radius 1 is 0.933 bits per heavy atom. The molecule has 0 amide bonds. The van der Waals surface area contributed by atoms with Gasteiger partial charge in [-0.2, -0.15) is 0 Å². The minimum atomic E-state index is -1.54. The van der Waals surface area contributed by atoms with Gasteiger partial charge in [0.1, 0.15) is 0 Å². The van der Waals surface area contributed by atoms with Gasteiger partial charge in [0.2, 0.25) is 0 Å². The molecule has 0 heterocycles. The minimum absolute atomic E-state index is 0.0109. The molecule has 0 unspecified atom stereocenters. The number of hydrogen-bond donors (Lipinski definition) is 0. The van der Waals surface area contributed by atoms with E-state index in [4.69, 9.17) is 32.7 Å². The number of esters is 2. The summed E-state index contributed by atoms with van der Waals surface area (Å²) in [5, 5.41) is 0.248. The van der Waals surface area contributed by atoms with Gasteiger partial charge in [0, 0.05) is 5.02 Å². The normalized spacial score (nSPS) is 11.2. The molecule has 0 spiro atoms. The zero-order valence-corrected chi connectivity index (χ0v) is 19.6. The number of aldehydes is 1. The van der Waals surface area contributed by atoms with Crippen molar-refractivity contribution in [2.45, 2.75) is 78.6 Å². The third kappa shape index (κ3) is 8.65. The predicted molar refractivity (Wildman–Crippen MR) is 119 cm³/mol. The van der Waals surface area contributed by atoms with Crippen LogP contribution in [-0.4, -0.2) is 24.8 Å². The molecule has 0 aliphatic heterocycles. The van der Waals surface area contributed by atoms with E-state index in [-0.39, 0.29) is 28.0 Å². The van der Waals surface area contributed by atoms with E-state index in [1.807, 2.05) is 0 Å². The molecule has 0 aliphatic carbocycles. The van der Waals surface area contributed by atoms with Crippen molar-refractivity contribution in [3.63, 3.8) is 0 Å². The number of benzene rings is 1. The molecular formula is C23H32Cl2O5. The number of carbonyl (C=O) groups excluding carboxylic acids is 3. The third-order valence-corrected chi connectivity index (χ3v) is 5.36. The molecule has 1 aromatic carbocycles. The van der Waals surface area contributed by atoms with Gasteiger partial charge in [-0.15, -0.1) is 0 Å². The molecule has 0 saturated heterocycles. The summed E-state index contributed by atoms with van der Waals surface area (Å²) in [6, 6.07) is 2.69. The summed E-state index contributed by atoms with van der Waals surface area (Å²) in [5.74, 6) is -1.66. The van der Waals surface area contributed by atoms with E-state index in [2.05, 4.69) is 6.92 Å². The van der Waals surface area contributed by atoms with E-state index in [1.54, 1.807) is 0 Å². The predicted octanol–water partition coefficient (Wildman–Crippen LogP) is 6.81.